The van der Waals surface area contributed by atoms with Crippen molar-refractivity contribution in [2.45, 2.75) is 12.8 Å². The van der Waals surface area contributed by atoms with E-state index in [-0.39, 0.29) is 24.7 Å². The van der Waals surface area contributed by atoms with Crippen LogP contribution >= 0.6 is 34.3 Å². The number of nitrogens with one attached hydrogen (secondary N) is 2. The second-order valence-electron chi connectivity index (χ2n) is 4.95. The third kappa shape index (κ3) is 4.85. The summed E-state index contributed by atoms with van der Waals surface area (Å²) in [5.74, 6) is -0.518. The molecule has 0 atom stereocenters. The van der Waals surface area contributed by atoms with Crippen LogP contribution in [0.4, 0.5) is 10.3 Å². The first-order valence-corrected chi connectivity index (χ1v) is 9.45. The Bertz CT molecular complexity index is 880. The first-order chi connectivity index (χ1) is 12.1. The standard InChI is InChI=1S/C16H13ClN4O2S2/c17-11-4-2-1-3-10(11)12-9-25-16(19-12)21-14(23)6-5-13(22)20-15-18-7-8-24-15/h1-4,7-9H,5-6H2,(H,18,20,22)(H,19,21,23). The Labute approximate surface area is 156 Å². The van der Waals surface area contributed by atoms with Gasteiger partial charge in [0.05, 0.1) is 5.69 Å². The predicted molar refractivity (Wildman–Crippen MR) is 101 cm³/mol. The first kappa shape index (κ1) is 17.5. The van der Waals surface area contributed by atoms with E-state index in [1.54, 1.807) is 17.6 Å². The Hall–Kier alpha value is -2.29. The third-order valence-corrected chi connectivity index (χ3v) is 4.93. The Morgan fingerprint density at radius 3 is 2.44 bits per heavy atom. The van der Waals surface area contributed by atoms with Crippen molar-refractivity contribution >= 4 is 56.4 Å². The normalized spacial score (nSPS) is 10.4. The zero-order valence-corrected chi connectivity index (χ0v) is 15.2. The van der Waals surface area contributed by atoms with Gasteiger partial charge in [0, 0.05) is 40.4 Å². The van der Waals surface area contributed by atoms with Crippen LogP contribution in [0.1, 0.15) is 12.8 Å². The molecule has 3 aromatic rings. The number of thiazole rings is 2. The van der Waals surface area contributed by atoms with Crippen LogP contribution in [0.15, 0.2) is 41.2 Å². The van der Waals surface area contributed by atoms with Crippen LogP contribution in [0.2, 0.25) is 5.02 Å². The van der Waals surface area contributed by atoms with Crippen molar-refractivity contribution in [1.82, 2.24) is 9.97 Å². The van der Waals surface area contributed by atoms with Crippen LogP contribution in [-0.4, -0.2) is 21.8 Å². The molecule has 25 heavy (non-hydrogen) atoms. The van der Waals surface area contributed by atoms with E-state index in [0.29, 0.717) is 21.0 Å². The number of aromatic nitrogens is 2. The van der Waals surface area contributed by atoms with E-state index in [1.165, 1.54) is 22.7 Å². The number of carbonyl (C=O) groups excluding carboxylic acids is 2. The van der Waals surface area contributed by atoms with Crippen LogP contribution in [0.3, 0.4) is 0 Å². The lowest BCUT2D eigenvalue weighted by atomic mass is 10.2. The first-order valence-electron chi connectivity index (χ1n) is 7.31. The lowest BCUT2D eigenvalue weighted by molar-refractivity contribution is -0.121. The molecule has 2 heterocycles. The number of halogens is 1. The average molecular weight is 393 g/mol. The maximum absolute atomic E-state index is 12.0. The molecule has 2 aromatic heterocycles. The topological polar surface area (TPSA) is 84.0 Å². The van der Waals surface area contributed by atoms with Crippen LogP contribution in [0, 0.1) is 0 Å². The molecule has 0 saturated carbocycles. The highest BCUT2D eigenvalue weighted by Crippen LogP contribution is 2.30. The van der Waals surface area contributed by atoms with Crippen molar-refractivity contribution in [3.63, 3.8) is 0 Å². The molecule has 0 aliphatic rings. The molecular weight excluding hydrogens is 380 g/mol. The minimum atomic E-state index is -0.269. The molecule has 2 amide bonds. The molecule has 1 aromatic carbocycles. The molecule has 3 rings (SSSR count). The summed E-state index contributed by atoms with van der Waals surface area (Å²) in [6, 6.07) is 7.37. The SMILES string of the molecule is O=C(CCC(=O)Nc1nc(-c2ccccc2Cl)cs1)Nc1nccs1. The number of anilines is 2. The predicted octanol–water partition coefficient (Wildman–Crippen LogP) is 4.28. The van der Waals surface area contributed by atoms with Gasteiger partial charge in [0.25, 0.3) is 0 Å². The summed E-state index contributed by atoms with van der Waals surface area (Å²) in [6.45, 7) is 0. The summed E-state index contributed by atoms with van der Waals surface area (Å²) in [7, 11) is 0. The van der Waals surface area contributed by atoms with Gasteiger partial charge in [0.1, 0.15) is 0 Å². The largest absolute Gasteiger partial charge is 0.302 e. The van der Waals surface area contributed by atoms with Crippen molar-refractivity contribution in [3.05, 3.63) is 46.2 Å². The van der Waals surface area contributed by atoms with Crippen LogP contribution < -0.4 is 10.6 Å². The highest BCUT2D eigenvalue weighted by Gasteiger charge is 2.12. The fraction of sp³-hybridized carbons (Fsp3) is 0.125. The van der Waals surface area contributed by atoms with Crippen molar-refractivity contribution in [3.8, 4) is 11.3 Å². The second-order valence-corrected chi connectivity index (χ2v) is 7.11. The van der Waals surface area contributed by atoms with Crippen LogP contribution in [-0.2, 0) is 9.59 Å². The fourth-order valence-corrected chi connectivity index (χ4v) is 3.50. The van der Waals surface area contributed by atoms with E-state index < -0.39 is 0 Å². The van der Waals surface area contributed by atoms with Crippen molar-refractivity contribution in [2.75, 3.05) is 10.6 Å². The zero-order valence-electron chi connectivity index (χ0n) is 12.9. The number of carbonyl (C=O) groups is 2. The molecule has 2 N–H and O–H groups in total. The Kier molecular flexibility index (Phi) is 5.75. The van der Waals surface area contributed by atoms with Gasteiger partial charge in [-0.05, 0) is 6.07 Å². The maximum Gasteiger partial charge on any atom is 0.226 e. The summed E-state index contributed by atoms with van der Waals surface area (Å²) in [5, 5.41) is 10.5. The molecule has 0 aliphatic heterocycles. The number of nitrogens with zero attached hydrogens (tertiary/aromatic N) is 2. The van der Waals surface area contributed by atoms with Gasteiger partial charge >= 0.3 is 0 Å². The number of benzene rings is 1. The van der Waals surface area contributed by atoms with E-state index in [2.05, 4.69) is 20.6 Å². The van der Waals surface area contributed by atoms with Gasteiger partial charge in [0.2, 0.25) is 11.8 Å². The summed E-state index contributed by atoms with van der Waals surface area (Å²) in [5.41, 5.74) is 1.51. The van der Waals surface area contributed by atoms with Crippen molar-refractivity contribution in [2.24, 2.45) is 0 Å². The summed E-state index contributed by atoms with van der Waals surface area (Å²) >= 11 is 8.78. The van der Waals surface area contributed by atoms with E-state index in [1.807, 2.05) is 23.6 Å². The monoisotopic (exact) mass is 392 g/mol. The van der Waals surface area contributed by atoms with Gasteiger partial charge in [-0.1, -0.05) is 29.8 Å². The maximum atomic E-state index is 12.0. The minimum absolute atomic E-state index is 0.0677. The molecule has 0 aliphatic carbocycles. The van der Waals surface area contributed by atoms with E-state index in [4.69, 9.17) is 11.6 Å². The molecule has 6 nitrogen and oxygen atoms in total. The van der Waals surface area contributed by atoms with E-state index >= 15 is 0 Å². The Balaban J connectivity index is 1.52. The molecule has 0 saturated heterocycles. The highest BCUT2D eigenvalue weighted by molar-refractivity contribution is 7.14. The Morgan fingerprint density at radius 1 is 1.04 bits per heavy atom. The molecule has 0 radical (unpaired) electrons. The summed E-state index contributed by atoms with van der Waals surface area (Å²) in [6.07, 6.45) is 1.75. The van der Waals surface area contributed by atoms with Gasteiger partial charge < -0.3 is 10.6 Å². The van der Waals surface area contributed by atoms with E-state index in [0.717, 1.165) is 5.56 Å². The molecule has 0 unspecified atom stereocenters. The van der Waals surface area contributed by atoms with Gasteiger partial charge in [-0.2, -0.15) is 0 Å². The number of rotatable bonds is 6. The lowest BCUT2D eigenvalue weighted by Crippen LogP contribution is -2.17. The third-order valence-electron chi connectivity index (χ3n) is 3.16. The Morgan fingerprint density at radius 2 is 1.76 bits per heavy atom. The molecule has 0 bridgehead atoms. The molecule has 9 heteroatoms. The van der Waals surface area contributed by atoms with Crippen molar-refractivity contribution in [1.29, 1.82) is 0 Å². The molecule has 0 spiro atoms. The van der Waals surface area contributed by atoms with Crippen LogP contribution in [0.25, 0.3) is 11.3 Å². The second kappa shape index (κ2) is 8.19. The highest BCUT2D eigenvalue weighted by atomic mass is 35.5. The number of hydrogen-bond acceptors (Lipinski definition) is 6. The smallest absolute Gasteiger partial charge is 0.226 e. The fourth-order valence-electron chi connectivity index (χ4n) is 2.00. The van der Waals surface area contributed by atoms with Crippen molar-refractivity contribution < 1.29 is 9.59 Å². The van der Waals surface area contributed by atoms with Gasteiger partial charge in [-0.25, -0.2) is 9.97 Å². The van der Waals surface area contributed by atoms with Crippen LogP contribution in [0.5, 0.6) is 0 Å². The average Bonchev–Trinajstić information content (AvgIpc) is 3.25. The molecular formula is C16H13ClN4O2S2. The molecule has 0 fully saturated rings. The molecule has 128 valence electrons. The van der Waals surface area contributed by atoms with E-state index in [9.17, 15) is 9.59 Å². The lowest BCUT2D eigenvalue weighted by Gasteiger charge is -2.02. The van der Waals surface area contributed by atoms with Gasteiger partial charge in [0.15, 0.2) is 10.3 Å². The summed E-state index contributed by atoms with van der Waals surface area (Å²) in [4.78, 5) is 32.0. The zero-order chi connectivity index (χ0) is 17.6. The van der Waals surface area contributed by atoms with Gasteiger partial charge in [-0.15, -0.1) is 22.7 Å². The van der Waals surface area contributed by atoms with Gasteiger partial charge in [-0.3, -0.25) is 9.59 Å². The number of hydrogen-bond donors (Lipinski definition) is 2. The number of amides is 2. The minimum Gasteiger partial charge on any atom is -0.302 e. The summed E-state index contributed by atoms with van der Waals surface area (Å²) < 4.78 is 0. The quantitative estimate of drug-likeness (QED) is 0.655.